The molecule has 0 aliphatic rings. The molecular formula is C14H21N5O2. The number of ether oxygens (including phenoxy) is 1. The second-order valence-corrected chi connectivity index (χ2v) is 5.64. The Bertz CT molecular complexity index is 519. The van der Waals surface area contributed by atoms with Gasteiger partial charge in [0.05, 0.1) is 0 Å². The summed E-state index contributed by atoms with van der Waals surface area (Å²) in [6, 6.07) is 3.53. The van der Waals surface area contributed by atoms with Gasteiger partial charge in [0.15, 0.2) is 0 Å². The minimum atomic E-state index is -0.503. The van der Waals surface area contributed by atoms with Crippen molar-refractivity contribution in [1.29, 1.82) is 5.26 Å². The molecule has 0 spiro atoms. The molecule has 1 heterocycles. The molecule has 0 aliphatic heterocycles. The number of hydrogen-bond donors (Lipinski definition) is 2. The third kappa shape index (κ3) is 7.11. The van der Waals surface area contributed by atoms with E-state index in [4.69, 9.17) is 10.00 Å². The van der Waals surface area contributed by atoms with E-state index in [1.807, 2.05) is 33.8 Å². The molecule has 1 unspecified atom stereocenters. The van der Waals surface area contributed by atoms with E-state index in [1.54, 1.807) is 6.07 Å². The molecule has 0 saturated carbocycles. The number of hydrogen-bond acceptors (Lipinski definition) is 6. The summed E-state index contributed by atoms with van der Waals surface area (Å²) in [5, 5.41) is 14.5. The first-order valence-electron chi connectivity index (χ1n) is 6.76. The van der Waals surface area contributed by atoms with Crippen molar-refractivity contribution in [2.75, 3.05) is 11.9 Å². The molecule has 1 amide bonds. The summed E-state index contributed by atoms with van der Waals surface area (Å²) in [6.07, 6.45) is 1.80. The lowest BCUT2D eigenvalue weighted by molar-refractivity contribution is 0.0507. The Labute approximate surface area is 124 Å². The quantitative estimate of drug-likeness (QED) is 0.861. The molecule has 1 aromatic rings. The van der Waals surface area contributed by atoms with E-state index in [0.29, 0.717) is 18.8 Å². The van der Waals surface area contributed by atoms with Gasteiger partial charge in [0.25, 0.3) is 0 Å². The highest BCUT2D eigenvalue weighted by Gasteiger charge is 2.17. The number of alkyl carbamates (subject to hydrolysis) is 1. The Morgan fingerprint density at radius 2 is 2.24 bits per heavy atom. The maximum atomic E-state index is 11.6. The van der Waals surface area contributed by atoms with Crippen molar-refractivity contribution in [2.24, 2.45) is 0 Å². The fraction of sp³-hybridized carbons (Fsp3) is 0.571. The molecular weight excluding hydrogens is 270 g/mol. The van der Waals surface area contributed by atoms with Crippen LogP contribution >= 0.6 is 0 Å². The number of carbonyl (C=O) groups excluding carboxylic acids is 1. The van der Waals surface area contributed by atoms with E-state index < -0.39 is 11.7 Å². The number of nitrogens with one attached hydrogen (secondary N) is 2. The van der Waals surface area contributed by atoms with Gasteiger partial charge in [0.1, 0.15) is 17.5 Å². The van der Waals surface area contributed by atoms with Gasteiger partial charge in [-0.2, -0.15) is 5.26 Å². The lowest BCUT2D eigenvalue weighted by atomic mass is 10.2. The van der Waals surface area contributed by atoms with Crippen LogP contribution in [0.5, 0.6) is 0 Å². The Morgan fingerprint density at radius 1 is 1.52 bits per heavy atom. The van der Waals surface area contributed by atoms with Crippen molar-refractivity contribution in [3.05, 3.63) is 18.1 Å². The number of carbonyl (C=O) groups is 1. The second-order valence-electron chi connectivity index (χ2n) is 5.64. The molecule has 1 aromatic heterocycles. The van der Waals surface area contributed by atoms with Crippen LogP contribution in [0.15, 0.2) is 12.3 Å². The number of nitrogens with zero attached hydrogens (tertiary/aromatic N) is 3. The molecule has 7 heteroatoms. The fourth-order valence-electron chi connectivity index (χ4n) is 1.51. The zero-order chi connectivity index (χ0) is 15.9. The monoisotopic (exact) mass is 291 g/mol. The topological polar surface area (TPSA) is 99.9 Å². The van der Waals surface area contributed by atoms with Crippen LogP contribution in [0, 0.1) is 11.3 Å². The number of amides is 1. The van der Waals surface area contributed by atoms with Gasteiger partial charge in [0.2, 0.25) is 5.82 Å². The SMILES string of the molecule is CC(CCNc1ccnc(C#N)n1)NC(=O)OC(C)(C)C. The van der Waals surface area contributed by atoms with Gasteiger partial charge < -0.3 is 15.4 Å². The summed E-state index contributed by atoms with van der Waals surface area (Å²) in [5.41, 5.74) is -0.503. The molecule has 21 heavy (non-hydrogen) atoms. The Morgan fingerprint density at radius 3 is 2.86 bits per heavy atom. The average Bonchev–Trinajstić information content (AvgIpc) is 2.36. The van der Waals surface area contributed by atoms with Crippen LogP contribution in [0.4, 0.5) is 10.6 Å². The Kier molecular flexibility index (Phi) is 5.91. The molecule has 7 nitrogen and oxygen atoms in total. The predicted molar refractivity (Wildman–Crippen MR) is 78.7 cm³/mol. The standard InChI is InChI=1S/C14H21N5O2/c1-10(18-13(20)21-14(2,3)4)5-7-16-11-6-8-17-12(9-15)19-11/h6,8,10H,5,7H2,1-4H3,(H,18,20)(H,16,17,19). The van der Waals surface area contributed by atoms with Crippen LogP contribution in [0.3, 0.4) is 0 Å². The number of aromatic nitrogens is 2. The van der Waals surface area contributed by atoms with Gasteiger partial charge in [-0.25, -0.2) is 14.8 Å². The summed E-state index contributed by atoms with van der Waals surface area (Å²) in [7, 11) is 0. The third-order valence-electron chi connectivity index (χ3n) is 2.40. The van der Waals surface area contributed by atoms with Crippen molar-refractivity contribution in [3.63, 3.8) is 0 Å². The summed E-state index contributed by atoms with van der Waals surface area (Å²) in [5.74, 6) is 0.714. The molecule has 2 N–H and O–H groups in total. The zero-order valence-corrected chi connectivity index (χ0v) is 12.8. The van der Waals surface area contributed by atoms with Gasteiger partial charge in [0, 0.05) is 18.8 Å². The van der Waals surface area contributed by atoms with Crippen molar-refractivity contribution < 1.29 is 9.53 Å². The Balaban J connectivity index is 2.32. The van der Waals surface area contributed by atoms with E-state index in [-0.39, 0.29) is 11.9 Å². The molecule has 0 aliphatic carbocycles. The van der Waals surface area contributed by atoms with Gasteiger partial charge in [-0.1, -0.05) is 0 Å². The summed E-state index contributed by atoms with van der Waals surface area (Å²) in [4.78, 5) is 19.4. The van der Waals surface area contributed by atoms with E-state index in [2.05, 4.69) is 20.6 Å². The minimum Gasteiger partial charge on any atom is -0.444 e. The van der Waals surface area contributed by atoms with Crippen LogP contribution in [0.25, 0.3) is 0 Å². The summed E-state index contributed by atoms with van der Waals surface area (Å²) < 4.78 is 5.18. The molecule has 0 saturated heterocycles. The predicted octanol–water partition coefficient (Wildman–Crippen LogP) is 2.06. The largest absolute Gasteiger partial charge is 0.444 e. The van der Waals surface area contributed by atoms with Gasteiger partial charge in [-0.15, -0.1) is 0 Å². The second kappa shape index (κ2) is 7.43. The first kappa shape index (κ1) is 16.7. The smallest absolute Gasteiger partial charge is 0.407 e. The molecule has 1 rings (SSSR count). The normalized spacial score (nSPS) is 12.1. The number of anilines is 1. The van der Waals surface area contributed by atoms with Crippen molar-refractivity contribution in [1.82, 2.24) is 15.3 Å². The van der Waals surface area contributed by atoms with Gasteiger partial charge in [-0.05, 0) is 40.2 Å². The van der Waals surface area contributed by atoms with E-state index in [9.17, 15) is 4.79 Å². The third-order valence-corrected chi connectivity index (χ3v) is 2.40. The van der Waals surface area contributed by atoms with Crippen molar-refractivity contribution in [2.45, 2.75) is 45.8 Å². The van der Waals surface area contributed by atoms with Crippen LogP contribution in [0.1, 0.15) is 39.9 Å². The highest BCUT2D eigenvalue weighted by atomic mass is 16.6. The summed E-state index contributed by atoms with van der Waals surface area (Å²) in [6.45, 7) is 7.97. The molecule has 0 bridgehead atoms. The Hall–Kier alpha value is -2.36. The summed E-state index contributed by atoms with van der Waals surface area (Å²) >= 11 is 0. The first-order valence-corrected chi connectivity index (χ1v) is 6.76. The molecule has 114 valence electrons. The van der Waals surface area contributed by atoms with E-state index >= 15 is 0 Å². The number of nitriles is 1. The van der Waals surface area contributed by atoms with Crippen LogP contribution in [0.2, 0.25) is 0 Å². The van der Waals surface area contributed by atoms with Crippen LogP contribution in [-0.2, 0) is 4.74 Å². The molecule has 0 aromatic carbocycles. The molecule has 1 atom stereocenters. The van der Waals surface area contributed by atoms with E-state index in [1.165, 1.54) is 6.20 Å². The lowest BCUT2D eigenvalue weighted by Crippen LogP contribution is -2.38. The highest BCUT2D eigenvalue weighted by Crippen LogP contribution is 2.07. The maximum absolute atomic E-state index is 11.6. The maximum Gasteiger partial charge on any atom is 0.407 e. The van der Waals surface area contributed by atoms with E-state index in [0.717, 1.165) is 0 Å². The fourth-order valence-corrected chi connectivity index (χ4v) is 1.51. The van der Waals surface area contributed by atoms with Crippen molar-refractivity contribution in [3.8, 4) is 6.07 Å². The van der Waals surface area contributed by atoms with Gasteiger partial charge in [-0.3, -0.25) is 0 Å². The average molecular weight is 291 g/mol. The van der Waals surface area contributed by atoms with Gasteiger partial charge >= 0.3 is 6.09 Å². The first-order chi connectivity index (χ1) is 9.80. The number of rotatable bonds is 5. The van der Waals surface area contributed by atoms with Crippen LogP contribution in [-0.4, -0.2) is 34.2 Å². The van der Waals surface area contributed by atoms with Crippen molar-refractivity contribution >= 4 is 11.9 Å². The molecule has 0 radical (unpaired) electrons. The zero-order valence-electron chi connectivity index (χ0n) is 12.8. The minimum absolute atomic E-state index is 0.0374. The molecule has 0 fully saturated rings. The highest BCUT2D eigenvalue weighted by molar-refractivity contribution is 5.68. The van der Waals surface area contributed by atoms with Crippen LogP contribution < -0.4 is 10.6 Å². The lowest BCUT2D eigenvalue weighted by Gasteiger charge is -2.22.